The second kappa shape index (κ2) is 6.44. The highest BCUT2D eigenvalue weighted by atomic mass is 35.5. The van der Waals surface area contributed by atoms with Crippen LogP contribution in [0.2, 0.25) is 15.1 Å². The smallest absolute Gasteiger partial charge is 0.151 e. The molecular weight excluding hydrogens is 319 g/mol. The van der Waals surface area contributed by atoms with E-state index in [0.717, 1.165) is 5.56 Å². The van der Waals surface area contributed by atoms with E-state index in [1.807, 2.05) is 19.1 Å². The van der Waals surface area contributed by atoms with Gasteiger partial charge in [-0.05, 0) is 24.6 Å². The van der Waals surface area contributed by atoms with Crippen molar-refractivity contribution < 1.29 is 4.79 Å². The second-order valence-corrected chi connectivity index (χ2v) is 5.42. The van der Waals surface area contributed by atoms with E-state index in [0.29, 0.717) is 32.7 Å². The van der Waals surface area contributed by atoms with E-state index in [-0.39, 0.29) is 6.04 Å². The van der Waals surface area contributed by atoms with Crippen molar-refractivity contribution in [3.8, 4) is 0 Å². The molecule has 0 aliphatic carbocycles. The summed E-state index contributed by atoms with van der Waals surface area (Å²) in [5.41, 5.74) is 1.27. The van der Waals surface area contributed by atoms with Gasteiger partial charge < -0.3 is 5.32 Å². The molecule has 1 N–H and O–H groups in total. The van der Waals surface area contributed by atoms with Gasteiger partial charge in [-0.2, -0.15) is 0 Å². The normalized spacial score (nSPS) is 12.0. The van der Waals surface area contributed by atoms with Gasteiger partial charge in [-0.1, -0.05) is 46.9 Å². The Hall–Kier alpha value is -1.29. The number of hydrogen-bond acceptors (Lipinski definition) is 3. The van der Waals surface area contributed by atoms with E-state index in [1.54, 1.807) is 12.1 Å². The molecule has 2 aromatic rings. The van der Waals surface area contributed by atoms with Crippen LogP contribution in [0.3, 0.4) is 0 Å². The van der Waals surface area contributed by atoms with Crippen LogP contribution >= 0.6 is 34.8 Å². The van der Waals surface area contributed by atoms with E-state index < -0.39 is 0 Å². The Morgan fingerprint density at radius 1 is 1.25 bits per heavy atom. The molecule has 6 heteroatoms. The van der Waals surface area contributed by atoms with Crippen LogP contribution in [0, 0.1) is 0 Å². The Kier molecular flexibility index (Phi) is 4.86. The van der Waals surface area contributed by atoms with Gasteiger partial charge in [-0.15, -0.1) is 0 Å². The Morgan fingerprint density at radius 3 is 2.65 bits per heavy atom. The number of benzene rings is 1. The summed E-state index contributed by atoms with van der Waals surface area (Å²) < 4.78 is 0. The maximum atomic E-state index is 10.6. The zero-order chi connectivity index (χ0) is 14.7. The molecule has 1 heterocycles. The molecule has 1 atom stereocenters. The van der Waals surface area contributed by atoms with Gasteiger partial charge >= 0.3 is 0 Å². The van der Waals surface area contributed by atoms with Crippen LogP contribution < -0.4 is 5.32 Å². The number of rotatable bonds is 4. The Bertz CT molecular complexity index is 646. The van der Waals surface area contributed by atoms with Gasteiger partial charge in [0.15, 0.2) is 6.29 Å². The number of nitrogens with zero attached hydrogens (tertiary/aromatic N) is 1. The van der Waals surface area contributed by atoms with Crippen LogP contribution in [0.4, 0.5) is 5.82 Å². The number of anilines is 1. The van der Waals surface area contributed by atoms with E-state index in [4.69, 9.17) is 34.8 Å². The molecular formula is C14H11Cl3N2O. The highest BCUT2D eigenvalue weighted by Crippen LogP contribution is 2.32. The molecule has 0 unspecified atom stereocenters. The number of aldehydes is 1. The molecule has 104 valence electrons. The highest BCUT2D eigenvalue weighted by molar-refractivity contribution is 6.42. The summed E-state index contributed by atoms with van der Waals surface area (Å²) >= 11 is 18.2. The molecule has 20 heavy (non-hydrogen) atoms. The molecule has 0 spiro atoms. The number of pyridine rings is 1. The van der Waals surface area contributed by atoms with Crippen molar-refractivity contribution in [3.63, 3.8) is 0 Å². The first-order valence-corrected chi connectivity index (χ1v) is 6.97. The molecule has 0 amide bonds. The van der Waals surface area contributed by atoms with Crippen LogP contribution in [-0.2, 0) is 0 Å². The van der Waals surface area contributed by atoms with Crippen LogP contribution in [0.1, 0.15) is 28.9 Å². The molecule has 0 aliphatic heterocycles. The molecule has 1 aromatic heterocycles. The SMILES string of the molecule is C[C@H](Nc1ncc(C=O)cc1Cl)c1cccc(Cl)c1Cl. The first-order valence-electron chi connectivity index (χ1n) is 5.84. The fraction of sp³-hybridized carbons (Fsp3) is 0.143. The van der Waals surface area contributed by atoms with E-state index in [1.165, 1.54) is 6.20 Å². The standard InChI is InChI=1S/C14H11Cl3N2O/c1-8(10-3-2-4-11(15)13(10)17)19-14-12(16)5-9(7-20)6-18-14/h2-8H,1H3,(H,18,19)/t8-/m0/s1. The van der Waals surface area contributed by atoms with Crippen molar-refractivity contribution in [2.24, 2.45) is 0 Å². The molecule has 2 rings (SSSR count). The van der Waals surface area contributed by atoms with Gasteiger partial charge in [0.25, 0.3) is 0 Å². The minimum Gasteiger partial charge on any atom is -0.362 e. The van der Waals surface area contributed by atoms with Crippen molar-refractivity contribution in [1.29, 1.82) is 0 Å². The zero-order valence-corrected chi connectivity index (χ0v) is 12.8. The maximum absolute atomic E-state index is 10.6. The van der Waals surface area contributed by atoms with Crippen LogP contribution in [0.25, 0.3) is 0 Å². The topological polar surface area (TPSA) is 42.0 Å². The van der Waals surface area contributed by atoms with Crippen LogP contribution in [-0.4, -0.2) is 11.3 Å². The number of carbonyl (C=O) groups is 1. The van der Waals surface area contributed by atoms with Crippen molar-refractivity contribution in [3.05, 3.63) is 56.7 Å². The maximum Gasteiger partial charge on any atom is 0.151 e. The summed E-state index contributed by atoms with van der Waals surface area (Å²) in [5, 5.41) is 4.51. The number of aromatic nitrogens is 1. The van der Waals surface area contributed by atoms with Gasteiger partial charge in [-0.3, -0.25) is 4.79 Å². The summed E-state index contributed by atoms with van der Waals surface area (Å²) in [6.45, 7) is 1.92. The molecule has 0 saturated carbocycles. The fourth-order valence-electron chi connectivity index (χ4n) is 1.76. The van der Waals surface area contributed by atoms with Gasteiger partial charge in [0, 0.05) is 11.8 Å². The average Bonchev–Trinajstić information content (AvgIpc) is 2.44. The minimum absolute atomic E-state index is 0.131. The Labute approximate surface area is 131 Å². The molecule has 0 aliphatic rings. The molecule has 0 bridgehead atoms. The summed E-state index contributed by atoms with van der Waals surface area (Å²) in [5.74, 6) is 0.487. The summed E-state index contributed by atoms with van der Waals surface area (Å²) in [6, 6.07) is 6.85. The zero-order valence-electron chi connectivity index (χ0n) is 10.5. The fourth-order valence-corrected chi connectivity index (χ4v) is 2.46. The number of carbonyl (C=O) groups excluding carboxylic acids is 1. The van der Waals surface area contributed by atoms with Crippen LogP contribution in [0.5, 0.6) is 0 Å². The predicted molar refractivity (Wildman–Crippen MR) is 83.1 cm³/mol. The number of nitrogens with one attached hydrogen (secondary N) is 1. The quantitative estimate of drug-likeness (QED) is 0.800. The lowest BCUT2D eigenvalue weighted by Crippen LogP contribution is -2.09. The minimum atomic E-state index is -0.131. The van der Waals surface area contributed by atoms with E-state index in [9.17, 15) is 4.79 Å². The second-order valence-electron chi connectivity index (χ2n) is 4.23. The van der Waals surface area contributed by atoms with Crippen molar-refractivity contribution in [1.82, 2.24) is 4.98 Å². The highest BCUT2D eigenvalue weighted by Gasteiger charge is 2.13. The lowest BCUT2D eigenvalue weighted by atomic mass is 10.1. The lowest BCUT2D eigenvalue weighted by Gasteiger charge is -2.17. The molecule has 0 saturated heterocycles. The van der Waals surface area contributed by atoms with Gasteiger partial charge in [0.1, 0.15) is 5.82 Å². The summed E-state index contributed by atoms with van der Waals surface area (Å²) in [4.78, 5) is 14.8. The van der Waals surface area contributed by atoms with Gasteiger partial charge in [-0.25, -0.2) is 4.98 Å². The monoisotopic (exact) mass is 328 g/mol. The third-order valence-corrected chi connectivity index (χ3v) is 3.92. The van der Waals surface area contributed by atoms with Crippen molar-refractivity contribution in [2.75, 3.05) is 5.32 Å². The predicted octanol–water partition coefficient (Wildman–Crippen LogP) is 5.03. The Balaban J connectivity index is 2.25. The lowest BCUT2D eigenvalue weighted by molar-refractivity contribution is 0.112. The average molecular weight is 330 g/mol. The van der Waals surface area contributed by atoms with E-state index in [2.05, 4.69) is 10.3 Å². The van der Waals surface area contributed by atoms with Crippen molar-refractivity contribution >= 4 is 46.9 Å². The third kappa shape index (κ3) is 3.23. The molecule has 0 radical (unpaired) electrons. The third-order valence-electron chi connectivity index (χ3n) is 2.80. The first kappa shape index (κ1) is 15.1. The van der Waals surface area contributed by atoms with Gasteiger partial charge in [0.05, 0.1) is 21.1 Å². The summed E-state index contributed by atoms with van der Waals surface area (Å²) in [7, 11) is 0. The van der Waals surface area contributed by atoms with E-state index >= 15 is 0 Å². The number of halogens is 3. The summed E-state index contributed by atoms with van der Waals surface area (Å²) in [6.07, 6.45) is 2.15. The van der Waals surface area contributed by atoms with Crippen molar-refractivity contribution in [2.45, 2.75) is 13.0 Å². The molecule has 1 aromatic carbocycles. The largest absolute Gasteiger partial charge is 0.362 e. The first-order chi connectivity index (χ1) is 9.52. The van der Waals surface area contributed by atoms with Gasteiger partial charge in [0.2, 0.25) is 0 Å². The molecule has 3 nitrogen and oxygen atoms in total. The van der Waals surface area contributed by atoms with Crippen LogP contribution in [0.15, 0.2) is 30.5 Å². The Morgan fingerprint density at radius 2 is 2.00 bits per heavy atom. The molecule has 0 fully saturated rings. The number of hydrogen-bond donors (Lipinski definition) is 1.